The van der Waals surface area contributed by atoms with Crippen molar-refractivity contribution in [1.29, 1.82) is 0 Å². The monoisotopic (exact) mass is 456 g/mol. The molecule has 0 fully saturated rings. The van der Waals surface area contributed by atoms with Crippen LogP contribution in [0.4, 0.5) is 11.4 Å². The molecule has 0 unspecified atom stereocenters. The van der Waals surface area contributed by atoms with Crippen LogP contribution in [0.3, 0.4) is 0 Å². The quantitative estimate of drug-likeness (QED) is 0.447. The molecule has 6 nitrogen and oxygen atoms in total. The predicted molar refractivity (Wildman–Crippen MR) is 125 cm³/mol. The van der Waals surface area contributed by atoms with E-state index >= 15 is 0 Å². The fourth-order valence-corrected chi connectivity index (χ4v) is 3.68. The van der Waals surface area contributed by atoms with Crippen molar-refractivity contribution in [3.63, 3.8) is 0 Å². The summed E-state index contributed by atoms with van der Waals surface area (Å²) in [5.74, 6) is 0.784. The highest BCUT2D eigenvalue weighted by atomic mass is 35.5. The molecule has 0 bridgehead atoms. The number of hydrogen-bond donors (Lipinski definition) is 2. The van der Waals surface area contributed by atoms with Crippen LogP contribution in [0.1, 0.15) is 10.4 Å². The minimum absolute atomic E-state index is 0.169. The number of rotatable bonds is 8. The first kappa shape index (κ1) is 22.5. The number of nitrogens with one attached hydrogen (secondary N) is 2. The van der Waals surface area contributed by atoms with Crippen molar-refractivity contribution >= 4 is 46.6 Å². The van der Waals surface area contributed by atoms with Gasteiger partial charge in [-0.25, -0.2) is 0 Å². The molecule has 0 aliphatic carbocycles. The fraction of sp³-hybridized carbons (Fsp3) is 0.130. The van der Waals surface area contributed by atoms with Crippen LogP contribution in [0.15, 0.2) is 71.6 Å². The average Bonchev–Trinajstić information content (AvgIpc) is 2.79. The summed E-state index contributed by atoms with van der Waals surface area (Å²) in [6.07, 6.45) is 0. The van der Waals surface area contributed by atoms with E-state index in [1.807, 2.05) is 18.2 Å². The summed E-state index contributed by atoms with van der Waals surface area (Å²) in [5, 5.41) is 6.13. The summed E-state index contributed by atoms with van der Waals surface area (Å²) in [6, 6.07) is 19.3. The zero-order valence-electron chi connectivity index (χ0n) is 17.0. The highest BCUT2D eigenvalue weighted by Gasteiger charge is 2.12. The molecule has 0 aliphatic rings. The summed E-state index contributed by atoms with van der Waals surface area (Å²) in [4.78, 5) is 25.7. The first-order valence-corrected chi connectivity index (χ1v) is 10.7. The second kappa shape index (κ2) is 10.7. The maximum absolute atomic E-state index is 12.6. The second-order valence-electron chi connectivity index (χ2n) is 6.37. The Morgan fingerprint density at radius 1 is 0.903 bits per heavy atom. The van der Waals surface area contributed by atoms with E-state index in [-0.39, 0.29) is 17.6 Å². The zero-order valence-corrected chi connectivity index (χ0v) is 18.5. The maximum atomic E-state index is 12.6. The Labute approximate surface area is 189 Å². The van der Waals surface area contributed by atoms with E-state index in [1.54, 1.807) is 48.5 Å². The number of ether oxygens (including phenoxy) is 2. The summed E-state index contributed by atoms with van der Waals surface area (Å²) in [5.41, 5.74) is 1.64. The van der Waals surface area contributed by atoms with Crippen molar-refractivity contribution in [3.05, 3.63) is 77.3 Å². The van der Waals surface area contributed by atoms with Crippen LogP contribution in [-0.4, -0.2) is 31.8 Å². The largest absolute Gasteiger partial charge is 0.493 e. The summed E-state index contributed by atoms with van der Waals surface area (Å²) in [6.45, 7) is 0. The van der Waals surface area contributed by atoms with E-state index in [4.69, 9.17) is 21.1 Å². The first-order valence-electron chi connectivity index (χ1n) is 9.31. The van der Waals surface area contributed by atoms with Gasteiger partial charge in [-0.15, -0.1) is 11.8 Å². The molecule has 0 saturated carbocycles. The SMILES string of the molecule is COc1ccc(C(=O)Nc2cccc(SCC(=O)Nc3ccccc3Cl)c2)cc1OC. The molecule has 0 spiro atoms. The molecular formula is C23H21ClN2O4S. The molecule has 8 heteroatoms. The number of thioether (sulfide) groups is 1. The van der Waals surface area contributed by atoms with Gasteiger partial charge in [-0.05, 0) is 48.5 Å². The van der Waals surface area contributed by atoms with E-state index in [2.05, 4.69) is 10.6 Å². The molecule has 0 aliphatic heterocycles. The standard InChI is InChI=1S/C23H21ClN2O4S/c1-29-20-11-10-15(12-21(20)30-2)23(28)25-16-6-5-7-17(13-16)31-14-22(27)26-19-9-4-3-8-18(19)24/h3-13H,14H2,1-2H3,(H,25,28)(H,26,27). The number of hydrogen-bond acceptors (Lipinski definition) is 5. The predicted octanol–water partition coefficient (Wildman–Crippen LogP) is 5.34. The van der Waals surface area contributed by atoms with Gasteiger partial charge in [0.1, 0.15) is 0 Å². The van der Waals surface area contributed by atoms with Crippen molar-refractivity contribution < 1.29 is 19.1 Å². The number of benzene rings is 3. The van der Waals surface area contributed by atoms with E-state index in [1.165, 1.54) is 26.0 Å². The van der Waals surface area contributed by atoms with Crippen LogP contribution in [0.2, 0.25) is 5.02 Å². The number of methoxy groups -OCH3 is 2. The van der Waals surface area contributed by atoms with Crippen LogP contribution >= 0.6 is 23.4 Å². The topological polar surface area (TPSA) is 76.7 Å². The third kappa shape index (κ3) is 6.16. The smallest absolute Gasteiger partial charge is 0.255 e. The highest BCUT2D eigenvalue weighted by molar-refractivity contribution is 8.00. The molecule has 0 radical (unpaired) electrons. The number of anilines is 2. The van der Waals surface area contributed by atoms with E-state index in [0.29, 0.717) is 33.5 Å². The first-order chi connectivity index (χ1) is 15.0. The van der Waals surface area contributed by atoms with E-state index < -0.39 is 0 Å². The molecule has 0 atom stereocenters. The average molecular weight is 457 g/mol. The van der Waals surface area contributed by atoms with Crippen molar-refractivity contribution in [1.82, 2.24) is 0 Å². The number of carbonyl (C=O) groups excluding carboxylic acids is 2. The van der Waals surface area contributed by atoms with Crippen LogP contribution in [0, 0.1) is 0 Å². The van der Waals surface area contributed by atoms with E-state index in [0.717, 1.165) is 4.90 Å². The van der Waals surface area contributed by atoms with Gasteiger partial charge in [-0.1, -0.05) is 29.8 Å². The lowest BCUT2D eigenvalue weighted by atomic mass is 10.2. The second-order valence-corrected chi connectivity index (χ2v) is 7.82. The fourth-order valence-electron chi connectivity index (χ4n) is 2.74. The molecule has 160 valence electrons. The number of amides is 2. The van der Waals surface area contributed by atoms with Crippen molar-refractivity contribution in [2.24, 2.45) is 0 Å². The zero-order chi connectivity index (χ0) is 22.2. The number of carbonyl (C=O) groups is 2. The van der Waals surface area contributed by atoms with Crippen molar-refractivity contribution in [2.75, 3.05) is 30.6 Å². The van der Waals surface area contributed by atoms with E-state index in [9.17, 15) is 9.59 Å². The van der Waals surface area contributed by atoms with Gasteiger partial charge in [0, 0.05) is 16.1 Å². The van der Waals surface area contributed by atoms with Gasteiger partial charge in [0.2, 0.25) is 5.91 Å². The number of halogens is 1. The van der Waals surface area contributed by atoms with Crippen LogP contribution < -0.4 is 20.1 Å². The van der Waals surface area contributed by atoms with Crippen LogP contribution in [0.25, 0.3) is 0 Å². The summed E-state index contributed by atoms with van der Waals surface area (Å²) < 4.78 is 10.4. The minimum atomic E-state index is -0.278. The molecule has 0 saturated heterocycles. The summed E-state index contributed by atoms with van der Waals surface area (Å²) in [7, 11) is 3.05. The van der Waals surface area contributed by atoms with Gasteiger partial charge in [-0.2, -0.15) is 0 Å². The van der Waals surface area contributed by atoms with Crippen molar-refractivity contribution in [2.45, 2.75) is 4.90 Å². The Morgan fingerprint density at radius 3 is 2.42 bits per heavy atom. The third-order valence-corrected chi connectivity index (χ3v) is 5.58. The lowest BCUT2D eigenvalue weighted by Crippen LogP contribution is -2.14. The molecule has 0 aromatic heterocycles. The lowest BCUT2D eigenvalue weighted by Gasteiger charge is -2.11. The van der Waals surface area contributed by atoms with Crippen LogP contribution in [0.5, 0.6) is 11.5 Å². The minimum Gasteiger partial charge on any atom is -0.493 e. The molecule has 31 heavy (non-hydrogen) atoms. The lowest BCUT2D eigenvalue weighted by molar-refractivity contribution is -0.113. The Morgan fingerprint density at radius 2 is 1.68 bits per heavy atom. The molecule has 2 amide bonds. The Hall–Kier alpha value is -3.16. The third-order valence-electron chi connectivity index (χ3n) is 4.26. The van der Waals surface area contributed by atoms with Crippen LogP contribution in [-0.2, 0) is 4.79 Å². The van der Waals surface area contributed by atoms with Crippen molar-refractivity contribution in [3.8, 4) is 11.5 Å². The van der Waals surface area contributed by atoms with Gasteiger partial charge < -0.3 is 20.1 Å². The Kier molecular flexibility index (Phi) is 7.81. The molecule has 0 heterocycles. The van der Waals surface area contributed by atoms with Gasteiger partial charge in [-0.3, -0.25) is 9.59 Å². The van der Waals surface area contributed by atoms with Gasteiger partial charge in [0.25, 0.3) is 5.91 Å². The number of para-hydroxylation sites is 1. The van der Waals surface area contributed by atoms with Gasteiger partial charge in [0.05, 0.1) is 30.7 Å². The van der Waals surface area contributed by atoms with Gasteiger partial charge >= 0.3 is 0 Å². The maximum Gasteiger partial charge on any atom is 0.255 e. The Balaban J connectivity index is 1.60. The molecule has 2 N–H and O–H groups in total. The molecule has 3 aromatic rings. The normalized spacial score (nSPS) is 10.3. The highest BCUT2D eigenvalue weighted by Crippen LogP contribution is 2.28. The molecule has 3 aromatic carbocycles. The molecular weight excluding hydrogens is 436 g/mol. The Bertz CT molecular complexity index is 1090. The summed E-state index contributed by atoms with van der Waals surface area (Å²) >= 11 is 7.42. The van der Waals surface area contributed by atoms with Gasteiger partial charge in [0.15, 0.2) is 11.5 Å². The molecule has 3 rings (SSSR count).